The van der Waals surface area contributed by atoms with E-state index in [0.29, 0.717) is 17.5 Å². The van der Waals surface area contributed by atoms with E-state index in [0.717, 1.165) is 17.0 Å². The summed E-state index contributed by atoms with van der Waals surface area (Å²) in [5, 5.41) is 11.0. The summed E-state index contributed by atoms with van der Waals surface area (Å²) < 4.78 is 10.5. The Kier molecular flexibility index (Phi) is 5.21. The number of amides is 1. The molecular weight excluding hydrogens is 290 g/mol. The van der Waals surface area contributed by atoms with Crippen molar-refractivity contribution in [2.24, 2.45) is 0 Å². The maximum absolute atomic E-state index is 11.9. The molecule has 0 radical (unpaired) electrons. The Bertz CT molecular complexity index is 628. The van der Waals surface area contributed by atoms with E-state index in [-0.39, 0.29) is 11.7 Å². The second kappa shape index (κ2) is 7.12. The van der Waals surface area contributed by atoms with Gasteiger partial charge >= 0.3 is 0 Å². The minimum Gasteiger partial charge on any atom is -0.497 e. The number of carbonyl (C=O) groups is 1. The van der Waals surface area contributed by atoms with Crippen molar-refractivity contribution in [2.75, 3.05) is 18.2 Å². The Labute approximate surface area is 127 Å². The van der Waals surface area contributed by atoms with Gasteiger partial charge in [0, 0.05) is 12.1 Å². The first kappa shape index (κ1) is 15.4. The fraction of sp³-hybridized carbons (Fsp3) is 0.357. The van der Waals surface area contributed by atoms with Crippen molar-refractivity contribution < 1.29 is 13.9 Å². The summed E-state index contributed by atoms with van der Waals surface area (Å²) in [6.45, 7) is 3.85. The number of nitrogens with one attached hydrogen (secondary N) is 1. The lowest BCUT2D eigenvalue weighted by molar-refractivity contribution is -0.113. The molecule has 0 fully saturated rings. The Hall–Kier alpha value is -2.02. The van der Waals surface area contributed by atoms with Gasteiger partial charge in [-0.3, -0.25) is 4.79 Å². The number of thioether (sulfide) groups is 1. The fourth-order valence-corrected chi connectivity index (χ4v) is 2.24. The molecule has 1 amide bonds. The predicted octanol–water partition coefficient (Wildman–Crippen LogP) is 2.68. The quantitative estimate of drug-likeness (QED) is 0.827. The third-order valence-electron chi connectivity index (χ3n) is 2.79. The number of hydrogen-bond acceptors (Lipinski definition) is 6. The lowest BCUT2D eigenvalue weighted by Crippen LogP contribution is -2.14. The average Bonchev–Trinajstić information content (AvgIpc) is 2.95. The third kappa shape index (κ3) is 4.22. The van der Waals surface area contributed by atoms with Crippen LogP contribution in [-0.4, -0.2) is 29.0 Å². The smallest absolute Gasteiger partial charge is 0.277 e. The largest absolute Gasteiger partial charge is 0.497 e. The zero-order valence-corrected chi connectivity index (χ0v) is 13.0. The van der Waals surface area contributed by atoms with Crippen molar-refractivity contribution in [3.8, 4) is 5.75 Å². The van der Waals surface area contributed by atoms with Crippen molar-refractivity contribution in [2.45, 2.75) is 25.5 Å². The average molecular weight is 307 g/mol. The molecule has 0 saturated carbocycles. The van der Waals surface area contributed by atoms with Crippen molar-refractivity contribution >= 4 is 23.4 Å². The zero-order chi connectivity index (χ0) is 15.2. The molecule has 0 saturated heterocycles. The number of methoxy groups -OCH3 is 1. The summed E-state index contributed by atoms with van der Waals surface area (Å²) >= 11 is 1.22. The second-order valence-corrected chi connectivity index (χ2v) is 5.26. The van der Waals surface area contributed by atoms with Crippen molar-refractivity contribution in [3.05, 3.63) is 29.7 Å². The van der Waals surface area contributed by atoms with Gasteiger partial charge in [-0.15, -0.1) is 10.2 Å². The highest BCUT2D eigenvalue weighted by atomic mass is 32.2. The molecule has 0 aliphatic carbocycles. The summed E-state index contributed by atoms with van der Waals surface area (Å²) in [6.07, 6.45) is 0.685. The highest BCUT2D eigenvalue weighted by molar-refractivity contribution is 7.99. The van der Waals surface area contributed by atoms with Gasteiger partial charge in [0.1, 0.15) is 5.75 Å². The number of nitrogens with zero attached hydrogens (tertiary/aromatic N) is 2. The van der Waals surface area contributed by atoms with Crippen molar-refractivity contribution in [1.29, 1.82) is 0 Å². The van der Waals surface area contributed by atoms with Crippen molar-refractivity contribution in [3.63, 3.8) is 0 Å². The molecule has 2 aromatic rings. The lowest BCUT2D eigenvalue weighted by atomic mass is 10.2. The van der Waals surface area contributed by atoms with Crippen LogP contribution in [0.25, 0.3) is 0 Å². The fourth-order valence-electron chi connectivity index (χ4n) is 1.66. The molecule has 1 heterocycles. The molecule has 0 aliphatic heterocycles. The highest BCUT2D eigenvalue weighted by Gasteiger charge is 2.10. The van der Waals surface area contributed by atoms with Crippen LogP contribution in [0.1, 0.15) is 18.4 Å². The van der Waals surface area contributed by atoms with E-state index in [9.17, 15) is 4.79 Å². The maximum atomic E-state index is 11.9. The van der Waals surface area contributed by atoms with Crippen LogP contribution in [-0.2, 0) is 11.2 Å². The number of benzene rings is 1. The number of carbonyl (C=O) groups excluding carboxylic acids is 1. The Morgan fingerprint density at radius 3 is 2.86 bits per heavy atom. The minimum absolute atomic E-state index is 0.121. The van der Waals surface area contributed by atoms with Gasteiger partial charge < -0.3 is 14.5 Å². The Morgan fingerprint density at radius 2 is 2.24 bits per heavy atom. The van der Waals surface area contributed by atoms with E-state index < -0.39 is 0 Å². The number of rotatable bonds is 6. The summed E-state index contributed by atoms with van der Waals surface area (Å²) in [7, 11) is 1.61. The molecule has 112 valence electrons. The number of ether oxygens (including phenoxy) is 1. The van der Waals surface area contributed by atoms with E-state index in [1.807, 2.05) is 26.0 Å². The van der Waals surface area contributed by atoms with Gasteiger partial charge in [0.25, 0.3) is 5.22 Å². The maximum Gasteiger partial charge on any atom is 0.277 e. The SMILES string of the molecule is CCc1nnc(SCC(=O)Nc2ccc(OC)cc2C)o1. The first-order valence-corrected chi connectivity index (χ1v) is 7.50. The first-order valence-electron chi connectivity index (χ1n) is 6.52. The topological polar surface area (TPSA) is 77.2 Å². The van der Waals surface area contributed by atoms with Crippen LogP contribution in [0.4, 0.5) is 5.69 Å². The monoisotopic (exact) mass is 307 g/mol. The van der Waals surface area contributed by atoms with Crippen LogP contribution in [0.2, 0.25) is 0 Å². The number of aromatic nitrogens is 2. The van der Waals surface area contributed by atoms with Gasteiger partial charge in [0.05, 0.1) is 12.9 Å². The highest BCUT2D eigenvalue weighted by Crippen LogP contribution is 2.22. The first-order chi connectivity index (χ1) is 10.1. The van der Waals surface area contributed by atoms with Gasteiger partial charge in [-0.05, 0) is 30.7 Å². The third-order valence-corrected chi connectivity index (χ3v) is 3.60. The molecule has 1 aromatic carbocycles. The van der Waals surface area contributed by atoms with E-state index >= 15 is 0 Å². The summed E-state index contributed by atoms with van der Waals surface area (Å²) in [6, 6.07) is 5.49. The molecule has 21 heavy (non-hydrogen) atoms. The molecule has 7 heteroatoms. The molecule has 0 aliphatic rings. The molecule has 6 nitrogen and oxygen atoms in total. The summed E-state index contributed by atoms with van der Waals surface area (Å²) in [4.78, 5) is 11.9. The molecule has 0 atom stereocenters. The van der Waals surface area contributed by atoms with Crippen LogP contribution in [0.5, 0.6) is 5.75 Å². The van der Waals surface area contributed by atoms with Crippen LogP contribution in [0.3, 0.4) is 0 Å². The second-order valence-electron chi connectivity index (χ2n) is 4.33. The van der Waals surface area contributed by atoms with Gasteiger partial charge in [-0.25, -0.2) is 0 Å². The Morgan fingerprint density at radius 1 is 1.43 bits per heavy atom. The molecule has 0 spiro atoms. The normalized spacial score (nSPS) is 10.4. The zero-order valence-electron chi connectivity index (χ0n) is 12.2. The lowest BCUT2D eigenvalue weighted by Gasteiger charge is -2.09. The molecule has 0 bridgehead atoms. The van der Waals surface area contributed by atoms with Crippen molar-refractivity contribution in [1.82, 2.24) is 10.2 Å². The molecule has 0 unspecified atom stereocenters. The number of hydrogen-bond donors (Lipinski definition) is 1. The van der Waals surface area contributed by atoms with Gasteiger partial charge in [-0.2, -0.15) is 0 Å². The molecular formula is C14H17N3O3S. The van der Waals surface area contributed by atoms with E-state index in [4.69, 9.17) is 9.15 Å². The summed E-state index contributed by atoms with van der Waals surface area (Å²) in [5.74, 6) is 1.43. The number of aryl methyl sites for hydroxylation is 2. The van der Waals surface area contributed by atoms with Gasteiger partial charge in [0.15, 0.2) is 0 Å². The minimum atomic E-state index is -0.121. The molecule has 1 N–H and O–H groups in total. The molecule has 1 aromatic heterocycles. The van der Waals surface area contributed by atoms with Crippen LogP contribution < -0.4 is 10.1 Å². The van der Waals surface area contributed by atoms with Crippen LogP contribution in [0.15, 0.2) is 27.8 Å². The van der Waals surface area contributed by atoms with Gasteiger partial charge in [0.2, 0.25) is 11.8 Å². The Balaban J connectivity index is 1.89. The number of anilines is 1. The molecule has 2 rings (SSSR count). The van der Waals surface area contributed by atoms with E-state index in [2.05, 4.69) is 15.5 Å². The standard InChI is InChI=1S/C14H17N3O3S/c1-4-13-16-17-14(20-13)21-8-12(18)15-11-6-5-10(19-3)7-9(11)2/h5-7H,4,8H2,1-3H3,(H,15,18). The summed E-state index contributed by atoms with van der Waals surface area (Å²) in [5.41, 5.74) is 1.71. The van der Waals surface area contributed by atoms with Crippen LogP contribution in [0, 0.1) is 6.92 Å². The van der Waals surface area contributed by atoms with E-state index in [1.165, 1.54) is 11.8 Å². The van der Waals surface area contributed by atoms with Crippen LogP contribution >= 0.6 is 11.8 Å². The van der Waals surface area contributed by atoms with E-state index in [1.54, 1.807) is 13.2 Å². The predicted molar refractivity (Wildman–Crippen MR) is 80.8 cm³/mol. The van der Waals surface area contributed by atoms with Gasteiger partial charge in [-0.1, -0.05) is 18.7 Å².